The molecule has 6 N–H and O–H groups in total. The maximum atomic E-state index is 14.0. The molecule has 3 aliphatic rings. The van der Waals surface area contributed by atoms with Crippen molar-refractivity contribution in [3.8, 4) is 34.4 Å². The van der Waals surface area contributed by atoms with Crippen LogP contribution < -0.4 is 35.9 Å². The van der Waals surface area contributed by atoms with Gasteiger partial charge in [0.05, 0.1) is 57.2 Å². The number of rotatable bonds is 14. The van der Waals surface area contributed by atoms with Crippen molar-refractivity contribution < 1.29 is 23.0 Å². The Kier molecular flexibility index (Phi) is 25.9. The molecule has 0 amide bonds. The first kappa shape index (κ1) is 65.8. The number of aryl methyl sites for hydroxylation is 6. The van der Waals surface area contributed by atoms with Gasteiger partial charge in [-0.15, -0.1) is 0 Å². The maximum Gasteiger partial charge on any atom is 0.227 e. The van der Waals surface area contributed by atoms with Gasteiger partial charge in [0.2, 0.25) is 5.95 Å². The second kappa shape index (κ2) is 32.6. The summed E-state index contributed by atoms with van der Waals surface area (Å²) in [5, 5.41) is 21.2. The van der Waals surface area contributed by atoms with E-state index in [9.17, 15) is 8.78 Å². The summed E-state index contributed by atoms with van der Waals surface area (Å²) in [6.45, 7) is 20.2. The molecule has 12 nitrogen and oxygen atoms in total. The van der Waals surface area contributed by atoms with Gasteiger partial charge in [0.25, 0.3) is 0 Å². The third-order valence-corrected chi connectivity index (χ3v) is 16.6. The molecule has 3 aliphatic heterocycles. The summed E-state index contributed by atoms with van der Waals surface area (Å²) < 4.78 is 44.6. The summed E-state index contributed by atoms with van der Waals surface area (Å²) in [7, 11) is 0. The van der Waals surface area contributed by atoms with E-state index in [-0.39, 0.29) is 28.1 Å². The van der Waals surface area contributed by atoms with Gasteiger partial charge >= 0.3 is 0 Å². The number of para-hydroxylation sites is 3. The SMILES string of the molecule is C/C(CF)=C(\C#N)c1cccc(Cl)c1Cl.Cc1cccc(C)c1OCC1CCCN(C(=N)N)C1.Cc1cccc(C)c1OCC1CCCN(c2nc(N)c(-c3cccc(Cl)c3Cl)c(CF)n2)C1.Cc1cccc(C)c1OCC1CCCNC1. The van der Waals surface area contributed by atoms with Crippen LogP contribution in [-0.4, -0.2) is 86.6 Å². The number of piperidine rings is 3. The van der Waals surface area contributed by atoms with Crippen molar-refractivity contribution in [1.82, 2.24) is 20.2 Å². The number of guanidine groups is 1. The number of likely N-dealkylation sites (tertiary alicyclic amines) is 1. The number of nitrogen functional groups attached to an aromatic ring is 1. The fourth-order valence-corrected chi connectivity index (χ4v) is 11.2. The minimum atomic E-state index is -0.787. The highest BCUT2D eigenvalue weighted by Crippen LogP contribution is 2.39. The first-order valence-electron chi connectivity index (χ1n) is 28.2. The van der Waals surface area contributed by atoms with E-state index in [0.29, 0.717) is 80.8 Å². The van der Waals surface area contributed by atoms with Crippen LogP contribution in [0.4, 0.5) is 20.5 Å². The van der Waals surface area contributed by atoms with Crippen LogP contribution in [-0.2, 0) is 6.67 Å². The molecule has 0 spiro atoms. The molecule has 1 aromatic heterocycles. The van der Waals surface area contributed by atoms with E-state index >= 15 is 0 Å². The Balaban J connectivity index is 0.000000189. The van der Waals surface area contributed by atoms with Crippen LogP contribution in [0.5, 0.6) is 17.2 Å². The van der Waals surface area contributed by atoms with Crippen LogP contribution in [0.1, 0.15) is 90.1 Å². The highest BCUT2D eigenvalue weighted by Gasteiger charge is 2.27. The number of allylic oxidation sites excluding steroid dienone is 2. The first-order chi connectivity index (χ1) is 39.8. The van der Waals surface area contributed by atoms with Crippen LogP contribution in [0.15, 0.2) is 96.6 Å². The largest absolute Gasteiger partial charge is 0.493 e. The molecule has 83 heavy (non-hydrogen) atoms. The lowest BCUT2D eigenvalue weighted by atomic mass is 9.99. The van der Waals surface area contributed by atoms with Crippen molar-refractivity contribution >= 4 is 69.7 Å². The molecule has 3 atom stereocenters. The maximum absolute atomic E-state index is 14.0. The predicted molar refractivity (Wildman–Crippen MR) is 338 cm³/mol. The number of alkyl halides is 2. The van der Waals surface area contributed by atoms with Gasteiger partial charge in [-0.25, -0.2) is 13.8 Å². The van der Waals surface area contributed by atoms with E-state index in [1.165, 1.54) is 41.6 Å². The van der Waals surface area contributed by atoms with Crippen LogP contribution in [0, 0.1) is 76.0 Å². The fraction of sp³-hybridized carbons (Fsp3) is 0.415. The number of nitriles is 1. The van der Waals surface area contributed by atoms with Crippen molar-refractivity contribution in [3.63, 3.8) is 0 Å². The predicted octanol–water partition coefficient (Wildman–Crippen LogP) is 15.6. The molecule has 0 aliphatic carbocycles. The highest BCUT2D eigenvalue weighted by atomic mass is 35.5. The quantitative estimate of drug-likeness (QED) is 0.0465. The summed E-state index contributed by atoms with van der Waals surface area (Å²) in [4.78, 5) is 13.0. The monoisotopic (exact) mass is 1210 g/mol. The molecule has 0 radical (unpaired) electrons. The van der Waals surface area contributed by atoms with E-state index in [0.717, 1.165) is 86.8 Å². The topological polar surface area (TPSA) is 172 Å². The molecular weight excluding hydrogens is 1130 g/mol. The second-order valence-electron chi connectivity index (χ2n) is 21.6. The van der Waals surface area contributed by atoms with Crippen LogP contribution >= 0.6 is 46.4 Å². The lowest BCUT2D eigenvalue weighted by molar-refractivity contribution is 0.172. The number of nitrogens with two attached hydrogens (primary N) is 2. The molecule has 4 heterocycles. The zero-order chi connectivity index (χ0) is 60.2. The van der Waals surface area contributed by atoms with E-state index in [1.807, 2.05) is 17.0 Å². The molecule has 444 valence electrons. The first-order valence-corrected chi connectivity index (χ1v) is 29.7. The lowest BCUT2D eigenvalue weighted by Crippen LogP contribution is -2.44. The molecule has 18 heteroatoms. The number of nitrogens with zero attached hydrogens (tertiary/aromatic N) is 5. The second-order valence-corrected chi connectivity index (χ2v) is 23.1. The summed E-state index contributed by atoms with van der Waals surface area (Å²) in [6.07, 6.45) is 6.81. The minimum absolute atomic E-state index is 0.178. The molecule has 3 saturated heterocycles. The Hall–Kier alpha value is -6.34. The number of anilines is 2. The van der Waals surface area contributed by atoms with E-state index < -0.39 is 13.3 Å². The molecule has 0 saturated carbocycles. The van der Waals surface area contributed by atoms with Crippen molar-refractivity contribution in [2.24, 2.45) is 23.5 Å². The third kappa shape index (κ3) is 18.6. The number of hydrogen-bond donors (Lipinski definition) is 4. The molecule has 3 fully saturated rings. The number of aromatic nitrogens is 2. The standard InChI is InChI=1S/C25H27Cl2FN4O.C15H23N3O.C14H21NO.C11H8Cl2FN/c1-15-6-3-7-16(2)23(15)33-14-17-8-5-11-32(13-17)25-30-20(12-28)21(24(29)31-25)18-9-4-10-19(26)22(18)27;1-11-5-3-6-12(2)14(11)19-10-13-7-4-8-18(9-13)15(16)17;1-11-5-3-6-12(2)14(11)16-10-13-7-4-8-15-9-13;1-7(5-14)9(6-15)8-3-2-4-10(12)11(8)13/h3-4,6-7,9-10,17H,5,8,11-14H2,1-2H3,(H2,29,30,31);3,5-6,13H,4,7-10H2,1-2H3,(H3,16,17);3,5-6,13,15H,4,7-10H2,1-2H3;2-4H,5H2,1H3/b;;;9-7-. The Morgan fingerprint density at radius 2 is 1.16 bits per heavy atom. The zero-order valence-corrected chi connectivity index (χ0v) is 51.8. The van der Waals surface area contributed by atoms with Crippen molar-refractivity contribution in [2.75, 3.05) is 76.4 Å². The van der Waals surface area contributed by atoms with Gasteiger partial charge in [-0.05, 0) is 145 Å². The molecule has 5 aromatic carbocycles. The van der Waals surface area contributed by atoms with E-state index in [4.69, 9.17) is 82.8 Å². The number of benzene rings is 5. The van der Waals surface area contributed by atoms with Gasteiger partial charge in [-0.3, -0.25) is 5.41 Å². The minimum Gasteiger partial charge on any atom is -0.493 e. The number of nitrogens with one attached hydrogen (secondary N) is 2. The smallest absolute Gasteiger partial charge is 0.227 e. The highest BCUT2D eigenvalue weighted by molar-refractivity contribution is 6.44. The van der Waals surface area contributed by atoms with Crippen molar-refractivity contribution in [2.45, 2.75) is 93.7 Å². The summed E-state index contributed by atoms with van der Waals surface area (Å²) in [5.74, 6) is 5.25. The lowest BCUT2D eigenvalue weighted by Gasteiger charge is -2.33. The number of halogens is 6. The Morgan fingerprint density at radius 1 is 0.675 bits per heavy atom. The van der Waals surface area contributed by atoms with Crippen molar-refractivity contribution in [1.29, 1.82) is 10.7 Å². The molecule has 3 unspecified atom stereocenters. The summed E-state index contributed by atoms with van der Waals surface area (Å²) >= 11 is 24.2. The normalized spacial score (nSPS) is 17.0. The van der Waals surface area contributed by atoms with Gasteiger partial charge in [0.1, 0.15) is 36.4 Å². The summed E-state index contributed by atoms with van der Waals surface area (Å²) in [5.41, 5.74) is 21.1. The summed E-state index contributed by atoms with van der Waals surface area (Å²) in [6, 6.07) is 30.7. The zero-order valence-electron chi connectivity index (χ0n) is 48.8. The molecule has 9 rings (SSSR count). The van der Waals surface area contributed by atoms with Gasteiger partial charge in [0, 0.05) is 67.2 Å². The van der Waals surface area contributed by atoms with Gasteiger partial charge < -0.3 is 40.8 Å². The van der Waals surface area contributed by atoms with Gasteiger partial charge in [-0.2, -0.15) is 10.2 Å². The van der Waals surface area contributed by atoms with Crippen molar-refractivity contribution in [3.05, 3.63) is 161 Å². The fourth-order valence-electron chi connectivity index (χ4n) is 10.4. The van der Waals surface area contributed by atoms with E-state index in [2.05, 4.69) is 110 Å². The molecule has 6 aromatic rings. The average molecular weight is 1210 g/mol. The van der Waals surface area contributed by atoms with Gasteiger partial charge in [0.15, 0.2) is 5.96 Å². The average Bonchev–Trinajstić information content (AvgIpc) is 3.68. The Labute approximate surface area is 509 Å². The van der Waals surface area contributed by atoms with Crippen LogP contribution in [0.3, 0.4) is 0 Å². The van der Waals surface area contributed by atoms with Crippen LogP contribution in [0.25, 0.3) is 16.7 Å². The number of hydrogen-bond acceptors (Lipinski definition) is 10. The molecular formula is C65H79Cl4F2N9O3. The van der Waals surface area contributed by atoms with E-state index in [1.54, 1.807) is 43.3 Å². The number of ether oxygens (including phenoxy) is 3. The van der Waals surface area contributed by atoms with Crippen LogP contribution in [0.2, 0.25) is 20.1 Å². The molecule has 0 bridgehead atoms. The van der Waals surface area contributed by atoms with Gasteiger partial charge in [-0.1, -0.05) is 125 Å². The Bertz CT molecular complexity index is 3150. The Morgan fingerprint density at radius 3 is 1.65 bits per heavy atom. The third-order valence-electron chi connectivity index (χ3n) is 15.0.